The van der Waals surface area contributed by atoms with Crippen molar-refractivity contribution in [3.05, 3.63) is 42.2 Å². The van der Waals surface area contributed by atoms with E-state index < -0.39 is 0 Å². The molecule has 0 bridgehead atoms. The zero-order valence-corrected chi connectivity index (χ0v) is 6.55. The number of halogens is 1. The molecule has 0 radical (unpaired) electrons. The summed E-state index contributed by atoms with van der Waals surface area (Å²) in [5.74, 6) is 0. The Labute approximate surface area is 66.4 Å². The van der Waals surface area contributed by atoms with Crippen LogP contribution in [0.25, 0.3) is 5.57 Å². The van der Waals surface area contributed by atoms with Crippen molar-refractivity contribution in [2.45, 2.75) is 13.3 Å². The number of benzene rings is 1. The predicted molar refractivity (Wildman–Crippen MR) is 45.8 cm³/mol. The number of allylic oxidation sites excluding steroid dienone is 1. The van der Waals surface area contributed by atoms with Crippen LogP contribution in [0, 0.1) is 0 Å². The van der Waals surface area contributed by atoms with Gasteiger partial charge in [0.15, 0.2) is 0 Å². The lowest BCUT2D eigenvalue weighted by Crippen LogP contribution is -1.79. The lowest BCUT2D eigenvalue weighted by molar-refractivity contribution is 0.720. The van der Waals surface area contributed by atoms with Gasteiger partial charge >= 0.3 is 0 Å². The standard InChI is InChI=1S/C10H11F/c1-2-9(8-11)10-6-4-3-5-7-10/h3-8H,2H2,1H3/b9-8-. The monoisotopic (exact) mass is 150 g/mol. The maximum Gasteiger partial charge on any atom is 0.0904 e. The van der Waals surface area contributed by atoms with Crippen LogP contribution >= 0.6 is 0 Å². The highest BCUT2D eigenvalue weighted by molar-refractivity contribution is 5.63. The quantitative estimate of drug-likeness (QED) is 0.606. The molecule has 0 aliphatic heterocycles. The molecule has 0 aliphatic carbocycles. The van der Waals surface area contributed by atoms with E-state index in [-0.39, 0.29) is 0 Å². The third-order valence-electron chi connectivity index (χ3n) is 1.66. The first kappa shape index (κ1) is 7.99. The van der Waals surface area contributed by atoms with Gasteiger partial charge in [-0.15, -0.1) is 0 Å². The summed E-state index contributed by atoms with van der Waals surface area (Å²) >= 11 is 0. The molecule has 1 heteroatoms. The topological polar surface area (TPSA) is 0 Å². The zero-order valence-electron chi connectivity index (χ0n) is 6.55. The second kappa shape index (κ2) is 3.91. The average molecular weight is 150 g/mol. The van der Waals surface area contributed by atoms with Crippen molar-refractivity contribution in [1.29, 1.82) is 0 Å². The SMILES string of the molecule is CC/C(=C/F)c1ccccc1. The molecule has 0 atom stereocenters. The van der Waals surface area contributed by atoms with Crippen molar-refractivity contribution in [2.24, 2.45) is 0 Å². The molecule has 0 saturated heterocycles. The van der Waals surface area contributed by atoms with E-state index in [1.165, 1.54) is 0 Å². The Bertz CT molecular complexity index is 236. The van der Waals surface area contributed by atoms with Crippen molar-refractivity contribution in [3.8, 4) is 0 Å². The number of rotatable bonds is 2. The van der Waals surface area contributed by atoms with Crippen LogP contribution in [0.3, 0.4) is 0 Å². The molecule has 58 valence electrons. The van der Waals surface area contributed by atoms with Crippen LogP contribution in [0.5, 0.6) is 0 Å². The van der Waals surface area contributed by atoms with E-state index in [9.17, 15) is 4.39 Å². The van der Waals surface area contributed by atoms with E-state index in [0.29, 0.717) is 6.33 Å². The van der Waals surface area contributed by atoms with Crippen molar-refractivity contribution in [3.63, 3.8) is 0 Å². The highest BCUT2D eigenvalue weighted by atomic mass is 19.1. The van der Waals surface area contributed by atoms with Gasteiger partial charge in [-0.1, -0.05) is 37.3 Å². The molecule has 1 aromatic carbocycles. The van der Waals surface area contributed by atoms with Crippen molar-refractivity contribution < 1.29 is 4.39 Å². The fourth-order valence-electron chi connectivity index (χ4n) is 0.996. The first-order valence-corrected chi connectivity index (χ1v) is 3.73. The van der Waals surface area contributed by atoms with Gasteiger partial charge in [-0.05, 0) is 17.6 Å². The van der Waals surface area contributed by atoms with Gasteiger partial charge in [0.1, 0.15) is 0 Å². The van der Waals surface area contributed by atoms with Gasteiger partial charge in [0.05, 0.1) is 6.33 Å². The van der Waals surface area contributed by atoms with Crippen molar-refractivity contribution in [2.75, 3.05) is 0 Å². The molecule has 0 aromatic heterocycles. The van der Waals surface area contributed by atoms with E-state index in [1.807, 2.05) is 37.3 Å². The smallest absolute Gasteiger partial charge is 0.0904 e. The molecular weight excluding hydrogens is 139 g/mol. The minimum absolute atomic E-state index is 0.676. The first-order valence-electron chi connectivity index (χ1n) is 3.73. The van der Waals surface area contributed by atoms with Crippen LogP contribution in [-0.4, -0.2) is 0 Å². The highest BCUT2D eigenvalue weighted by Crippen LogP contribution is 2.16. The van der Waals surface area contributed by atoms with Crippen LogP contribution in [-0.2, 0) is 0 Å². The second-order valence-electron chi connectivity index (χ2n) is 2.35. The maximum atomic E-state index is 12.2. The molecule has 0 spiro atoms. The summed E-state index contributed by atoms with van der Waals surface area (Å²) in [4.78, 5) is 0. The van der Waals surface area contributed by atoms with E-state index in [2.05, 4.69) is 0 Å². The lowest BCUT2D eigenvalue weighted by atomic mass is 10.1. The molecule has 0 amide bonds. The van der Waals surface area contributed by atoms with Gasteiger partial charge in [-0.3, -0.25) is 0 Å². The Morgan fingerprint density at radius 2 is 2.00 bits per heavy atom. The summed E-state index contributed by atoms with van der Waals surface area (Å²) in [5.41, 5.74) is 1.73. The summed E-state index contributed by atoms with van der Waals surface area (Å²) in [6.07, 6.45) is 1.41. The van der Waals surface area contributed by atoms with Crippen molar-refractivity contribution in [1.82, 2.24) is 0 Å². The first-order chi connectivity index (χ1) is 5.38. The zero-order chi connectivity index (χ0) is 8.10. The van der Waals surface area contributed by atoms with E-state index >= 15 is 0 Å². The predicted octanol–water partition coefficient (Wildman–Crippen LogP) is 3.41. The van der Waals surface area contributed by atoms with Crippen LogP contribution in [0.15, 0.2) is 36.7 Å². The van der Waals surface area contributed by atoms with Gasteiger partial charge in [0.2, 0.25) is 0 Å². The van der Waals surface area contributed by atoms with Crippen molar-refractivity contribution >= 4 is 5.57 Å². The molecule has 0 heterocycles. The van der Waals surface area contributed by atoms with Crippen LogP contribution < -0.4 is 0 Å². The van der Waals surface area contributed by atoms with Crippen LogP contribution in [0.1, 0.15) is 18.9 Å². The molecule has 0 unspecified atom stereocenters. The third-order valence-corrected chi connectivity index (χ3v) is 1.66. The Morgan fingerprint density at radius 1 is 1.36 bits per heavy atom. The van der Waals surface area contributed by atoms with E-state index in [4.69, 9.17) is 0 Å². The molecule has 0 fully saturated rings. The van der Waals surface area contributed by atoms with Gasteiger partial charge in [0.25, 0.3) is 0 Å². The molecule has 0 N–H and O–H groups in total. The highest BCUT2D eigenvalue weighted by Gasteiger charge is 1.95. The molecular formula is C10H11F. The average Bonchev–Trinajstić information content (AvgIpc) is 2.09. The fraction of sp³-hybridized carbons (Fsp3) is 0.200. The molecule has 1 rings (SSSR count). The summed E-state index contributed by atoms with van der Waals surface area (Å²) in [5, 5.41) is 0. The lowest BCUT2D eigenvalue weighted by Gasteiger charge is -2.00. The molecule has 0 aliphatic rings. The van der Waals surface area contributed by atoms with Gasteiger partial charge in [-0.2, -0.15) is 0 Å². The Balaban J connectivity index is 2.92. The fourth-order valence-corrected chi connectivity index (χ4v) is 0.996. The summed E-state index contributed by atoms with van der Waals surface area (Å²) in [6, 6.07) is 9.57. The van der Waals surface area contributed by atoms with Crippen LogP contribution in [0.4, 0.5) is 4.39 Å². The van der Waals surface area contributed by atoms with Gasteiger partial charge < -0.3 is 0 Å². The summed E-state index contributed by atoms with van der Waals surface area (Å²) in [7, 11) is 0. The Kier molecular flexibility index (Phi) is 2.84. The number of hydrogen-bond acceptors (Lipinski definition) is 0. The van der Waals surface area contributed by atoms with Gasteiger partial charge in [0, 0.05) is 0 Å². The molecule has 0 saturated carbocycles. The minimum Gasteiger partial charge on any atom is -0.215 e. The second-order valence-corrected chi connectivity index (χ2v) is 2.35. The molecule has 0 nitrogen and oxygen atoms in total. The Morgan fingerprint density at radius 3 is 2.45 bits per heavy atom. The number of hydrogen-bond donors (Lipinski definition) is 0. The minimum atomic E-state index is 0.676. The maximum absolute atomic E-state index is 12.2. The largest absolute Gasteiger partial charge is 0.215 e. The van der Waals surface area contributed by atoms with E-state index in [0.717, 1.165) is 17.6 Å². The summed E-state index contributed by atoms with van der Waals surface area (Å²) < 4.78 is 12.2. The van der Waals surface area contributed by atoms with E-state index in [1.54, 1.807) is 0 Å². The molecule has 11 heavy (non-hydrogen) atoms. The van der Waals surface area contributed by atoms with Gasteiger partial charge in [-0.25, -0.2) is 4.39 Å². The third kappa shape index (κ3) is 1.90. The summed E-state index contributed by atoms with van der Waals surface area (Å²) in [6.45, 7) is 1.94. The normalized spacial score (nSPS) is 11.6. The molecule has 1 aromatic rings. The van der Waals surface area contributed by atoms with Crippen LogP contribution in [0.2, 0.25) is 0 Å². The Hall–Kier alpha value is -1.11.